The summed E-state index contributed by atoms with van der Waals surface area (Å²) in [6.45, 7) is 1.86. The number of phenolic OH excluding ortho intramolecular Hbond substituents is 1. The Hall–Kier alpha value is -1.26. The van der Waals surface area contributed by atoms with E-state index in [1.165, 1.54) is 7.11 Å². The molecule has 0 saturated heterocycles. The van der Waals surface area contributed by atoms with E-state index in [0.29, 0.717) is 24.2 Å². The summed E-state index contributed by atoms with van der Waals surface area (Å²) >= 11 is 0. The average Bonchev–Trinajstić information content (AvgIpc) is 2.24. The Kier molecular flexibility index (Phi) is 5.08. The van der Waals surface area contributed by atoms with E-state index in [4.69, 9.17) is 9.47 Å². The second-order valence-corrected chi connectivity index (χ2v) is 3.69. The lowest BCUT2D eigenvalue weighted by molar-refractivity contribution is 0.0501. The zero-order valence-electron chi connectivity index (χ0n) is 9.64. The van der Waals surface area contributed by atoms with E-state index in [1.54, 1.807) is 25.1 Å². The van der Waals surface area contributed by atoms with Crippen molar-refractivity contribution in [3.63, 3.8) is 0 Å². The maximum Gasteiger partial charge on any atom is 0.188 e. The first-order valence-corrected chi connectivity index (χ1v) is 5.25. The van der Waals surface area contributed by atoms with Crippen molar-refractivity contribution in [2.75, 3.05) is 13.9 Å². The summed E-state index contributed by atoms with van der Waals surface area (Å²) in [5.74, 6) is 0.789. The molecule has 90 valence electrons. The van der Waals surface area contributed by atoms with Gasteiger partial charge < -0.3 is 19.7 Å². The molecule has 0 radical (unpaired) electrons. The molecule has 1 unspecified atom stereocenters. The normalized spacial score (nSPS) is 12.4. The minimum atomic E-state index is -0.394. The van der Waals surface area contributed by atoms with Gasteiger partial charge in [0.1, 0.15) is 11.5 Å². The van der Waals surface area contributed by atoms with E-state index in [0.717, 1.165) is 0 Å². The van der Waals surface area contributed by atoms with Gasteiger partial charge in [0.25, 0.3) is 0 Å². The van der Waals surface area contributed by atoms with Gasteiger partial charge in [-0.15, -0.1) is 0 Å². The molecule has 1 aromatic carbocycles. The molecule has 0 aliphatic carbocycles. The SMILES string of the molecule is COCOc1cccc(O)c1CCC(C)O. The third-order valence-electron chi connectivity index (χ3n) is 2.25. The lowest BCUT2D eigenvalue weighted by atomic mass is 10.1. The largest absolute Gasteiger partial charge is 0.508 e. The highest BCUT2D eigenvalue weighted by Crippen LogP contribution is 2.29. The van der Waals surface area contributed by atoms with Crippen LogP contribution < -0.4 is 4.74 Å². The Bertz CT molecular complexity index is 323. The third kappa shape index (κ3) is 3.72. The molecule has 0 aromatic heterocycles. The van der Waals surface area contributed by atoms with Crippen LogP contribution in [0.4, 0.5) is 0 Å². The first-order valence-electron chi connectivity index (χ1n) is 5.25. The molecule has 4 nitrogen and oxygen atoms in total. The van der Waals surface area contributed by atoms with Gasteiger partial charge in [0.15, 0.2) is 6.79 Å². The molecule has 0 amide bonds. The van der Waals surface area contributed by atoms with Crippen LogP contribution in [0.3, 0.4) is 0 Å². The molecule has 0 bridgehead atoms. The van der Waals surface area contributed by atoms with Gasteiger partial charge >= 0.3 is 0 Å². The van der Waals surface area contributed by atoms with Crippen LogP contribution in [0.5, 0.6) is 11.5 Å². The topological polar surface area (TPSA) is 58.9 Å². The molecule has 16 heavy (non-hydrogen) atoms. The van der Waals surface area contributed by atoms with Crippen LogP contribution in [0.25, 0.3) is 0 Å². The van der Waals surface area contributed by atoms with E-state index in [2.05, 4.69) is 0 Å². The van der Waals surface area contributed by atoms with Crippen molar-refractivity contribution in [1.29, 1.82) is 0 Å². The Balaban J connectivity index is 2.77. The molecular weight excluding hydrogens is 208 g/mol. The Morgan fingerprint density at radius 3 is 2.75 bits per heavy atom. The van der Waals surface area contributed by atoms with Crippen molar-refractivity contribution < 1.29 is 19.7 Å². The average molecular weight is 226 g/mol. The van der Waals surface area contributed by atoms with Gasteiger partial charge in [-0.05, 0) is 31.9 Å². The quantitative estimate of drug-likeness (QED) is 0.725. The molecule has 2 N–H and O–H groups in total. The van der Waals surface area contributed by atoms with E-state index >= 15 is 0 Å². The molecule has 0 aliphatic rings. The molecule has 0 saturated carbocycles. The molecule has 0 aliphatic heterocycles. The number of rotatable bonds is 6. The third-order valence-corrected chi connectivity index (χ3v) is 2.25. The van der Waals surface area contributed by atoms with Gasteiger partial charge in [-0.25, -0.2) is 0 Å². The first kappa shape index (κ1) is 12.8. The summed E-state index contributed by atoms with van der Waals surface area (Å²) in [5.41, 5.74) is 0.709. The summed E-state index contributed by atoms with van der Waals surface area (Å²) in [6.07, 6.45) is 0.763. The summed E-state index contributed by atoms with van der Waals surface area (Å²) in [7, 11) is 1.54. The minimum absolute atomic E-state index is 0.144. The second kappa shape index (κ2) is 6.35. The van der Waals surface area contributed by atoms with Crippen LogP contribution >= 0.6 is 0 Å². The number of hydrogen-bond donors (Lipinski definition) is 2. The van der Waals surface area contributed by atoms with E-state index in [9.17, 15) is 10.2 Å². The van der Waals surface area contributed by atoms with Crippen molar-refractivity contribution in [3.8, 4) is 11.5 Å². The van der Waals surface area contributed by atoms with Crippen LogP contribution in [0, 0.1) is 0 Å². The number of hydrogen-bond acceptors (Lipinski definition) is 4. The van der Waals surface area contributed by atoms with Gasteiger partial charge in [0.2, 0.25) is 0 Å². The highest BCUT2D eigenvalue weighted by Gasteiger charge is 2.10. The standard InChI is InChI=1S/C12H18O4/c1-9(13)6-7-10-11(14)4-3-5-12(10)16-8-15-2/h3-5,9,13-14H,6-8H2,1-2H3. The molecule has 1 rings (SSSR count). The highest BCUT2D eigenvalue weighted by molar-refractivity contribution is 5.43. The van der Waals surface area contributed by atoms with Gasteiger partial charge in [-0.1, -0.05) is 6.07 Å². The van der Waals surface area contributed by atoms with Crippen molar-refractivity contribution in [1.82, 2.24) is 0 Å². The Morgan fingerprint density at radius 2 is 2.12 bits per heavy atom. The zero-order valence-corrected chi connectivity index (χ0v) is 9.64. The van der Waals surface area contributed by atoms with Crippen molar-refractivity contribution >= 4 is 0 Å². The monoisotopic (exact) mass is 226 g/mol. The van der Waals surface area contributed by atoms with E-state index in [1.807, 2.05) is 0 Å². The van der Waals surface area contributed by atoms with Crippen LogP contribution in [-0.4, -0.2) is 30.2 Å². The molecule has 4 heteroatoms. The number of aromatic hydroxyl groups is 1. The zero-order chi connectivity index (χ0) is 12.0. The van der Waals surface area contributed by atoms with E-state index in [-0.39, 0.29) is 12.5 Å². The maximum atomic E-state index is 9.70. The number of aliphatic hydroxyl groups excluding tert-OH is 1. The summed E-state index contributed by atoms with van der Waals surface area (Å²) < 4.78 is 10.1. The molecular formula is C12H18O4. The predicted octanol–water partition coefficient (Wildman–Crippen LogP) is 1.69. The minimum Gasteiger partial charge on any atom is -0.508 e. The van der Waals surface area contributed by atoms with Gasteiger partial charge in [-0.2, -0.15) is 0 Å². The molecule has 0 spiro atoms. The first-order chi connectivity index (χ1) is 7.65. The number of ether oxygens (including phenoxy) is 2. The van der Waals surface area contributed by atoms with Crippen LogP contribution in [0.2, 0.25) is 0 Å². The van der Waals surface area contributed by atoms with E-state index < -0.39 is 6.10 Å². The van der Waals surface area contributed by atoms with Gasteiger partial charge in [-0.3, -0.25) is 0 Å². The lowest BCUT2D eigenvalue weighted by Crippen LogP contribution is -2.05. The fourth-order valence-corrected chi connectivity index (χ4v) is 1.42. The summed E-state index contributed by atoms with van der Waals surface area (Å²) in [4.78, 5) is 0. The van der Waals surface area contributed by atoms with Crippen LogP contribution in [0.1, 0.15) is 18.9 Å². The summed E-state index contributed by atoms with van der Waals surface area (Å²) in [6, 6.07) is 5.10. The van der Waals surface area contributed by atoms with Crippen molar-refractivity contribution in [2.45, 2.75) is 25.9 Å². The number of methoxy groups -OCH3 is 1. The second-order valence-electron chi connectivity index (χ2n) is 3.69. The Labute approximate surface area is 95.4 Å². The number of benzene rings is 1. The molecule has 1 atom stereocenters. The number of aliphatic hydroxyl groups is 1. The molecule has 0 heterocycles. The van der Waals surface area contributed by atoms with Gasteiger partial charge in [0, 0.05) is 12.7 Å². The highest BCUT2D eigenvalue weighted by atomic mass is 16.7. The predicted molar refractivity (Wildman–Crippen MR) is 60.6 cm³/mol. The summed E-state index contributed by atoms with van der Waals surface area (Å²) in [5, 5.41) is 18.9. The van der Waals surface area contributed by atoms with Gasteiger partial charge in [0.05, 0.1) is 6.10 Å². The Morgan fingerprint density at radius 1 is 1.38 bits per heavy atom. The van der Waals surface area contributed by atoms with Crippen molar-refractivity contribution in [3.05, 3.63) is 23.8 Å². The fraction of sp³-hybridized carbons (Fsp3) is 0.500. The number of phenols is 1. The maximum absolute atomic E-state index is 9.70. The fourth-order valence-electron chi connectivity index (χ4n) is 1.42. The van der Waals surface area contributed by atoms with Crippen molar-refractivity contribution in [2.24, 2.45) is 0 Å². The van der Waals surface area contributed by atoms with Crippen LogP contribution in [0.15, 0.2) is 18.2 Å². The van der Waals surface area contributed by atoms with Crippen LogP contribution in [-0.2, 0) is 11.2 Å². The molecule has 1 aromatic rings. The smallest absolute Gasteiger partial charge is 0.188 e. The lowest BCUT2D eigenvalue weighted by Gasteiger charge is -2.12. The molecule has 0 fully saturated rings.